The lowest BCUT2D eigenvalue weighted by Gasteiger charge is -2.17. The molecular weight excluding hydrogens is 443 g/mol. The number of carbonyl (C=O) groups excluding carboxylic acids is 1. The van der Waals surface area contributed by atoms with Crippen molar-refractivity contribution in [2.75, 3.05) is 12.0 Å². The smallest absolute Gasteiger partial charge is 0.460 e. The summed E-state index contributed by atoms with van der Waals surface area (Å²) in [6.45, 7) is -0.228. The van der Waals surface area contributed by atoms with Crippen molar-refractivity contribution in [1.29, 1.82) is 0 Å². The molecule has 2 rings (SSSR count). The van der Waals surface area contributed by atoms with Crippen LogP contribution in [0.15, 0.2) is 59.5 Å². The van der Waals surface area contributed by atoms with Gasteiger partial charge in [-0.15, -0.1) is 13.2 Å². The maximum atomic E-state index is 12.5. The second kappa shape index (κ2) is 10.7. The molecule has 164 valence electrons. The van der Waals surface area contributed by atoms with Crippen LogP contribution < -0.4 is 9.46 Å². The van der Waals surface area contributed by atoms with Crippen LogP contribution in [0.5, 0.6) is 5.75 Å². The summed E-state index contributed by atoms with van der Waals surface area (Å²) in [6.07, 6.45) is -2.77. The van der Waals surface area contributed by atoms with Gasteiger partial charge in [0.15, 0.2) is 0 Å². The van der Waals surface area contributed by atoms with Crippen LogP contribution in [0.25, 0.3) is 0 Å². The van der Waals surface area contributed by atoms with Crippen molar-refractivity contribution >= 4 is 27.8 Å². The molecule has 0 aliphatic rings. The quantitative estimate of drug-likeness (QED) is 0.541. The largest absolute Gasteiger partial charge is 0.573 e. The van der Waals surface area contributed by atoms with Gasteiger partial charge in [-0.05, 0) is 48.3 Å². The van der Waals surface area contributed by atoms with Gasteiger partial charge in [0.05, 0.1) is 4.90 Å². The maximum Gasteiger partial charge on any atom is 0.573 e. The molecule has 0 bridgehead atoms. The molecule has 0 saturated heterocycles. The highest BCUT2D eigenvalue weighted by atomic mass is 32.2. The fraction of sp³-hybridized carbons (Fsp3) is 0.316. The van der Waals surface area contributed by atoms with E-state index in [0.29, 0.717) is 11.3 Å². The van der Waals surface area contributed by atoms with Crippen molar-refractivity contribution < 1.29 is 35.9 Å². The zero-order valence-electron chi connectivity index (χ0n) is 15.9. The van der Waals surface area contributed by atoms with Gasteiger partial charge in [0, 0.05) is 0 Å². The zero-order valence-corrected chi connectivity index (χ0v) is 17.5. The second-order valence-corrected chi connectivity index (χ2v) is 8.77. The first-order valence-electron chi connectivity index (χ1n) is 8.68. The predicted molar refractivity (Wildman–Crippen MR) is 106 cm³/mol. The van der Waals surface area contributed by atoms with Crippen LogP contribution in [0, 0.1) is 0 Å². The molecule has 0 aliphatic carbocycles. The number of hydrogen-bond donors (Lipinski definition) is 1. The van der Waals surface area contributed by atoms with Crippen molar-refractivity contribution in [3.63, 3.8) is 0 Å². The van der Waals surface area contributed by atoms with E-state index >= 15 is 0 Å². The Hall–Kier alpha value is -2.24. The SMILES string of the molecule is CSCCC(NS(=O)(=O)c1ccccc1)C(=O)OCc1ccc(OC(F)(F)F)cc1. The average molecular weight is 463 g/mol. The molecule has 2 aromatic rings. The number of hydrogen-bond acceptors (Lipinski definition) is 6. The Bertz CT molecular complexity index is 919. The second-order valence-electron chi connectivity index (χ2n) is 6.07. The summed E-state index contributed by atoms with van der Waals surface area (Å²) in [5.41, 5.74) is 0.424. The van der Waals surface area contributed by atoms with E-state index in [4.69, 9.17) is 4.74 Å². The molecule has 1 unspecified atom stereocenters. The van der Waals surface area contributed by atoms with Crippen molar-refractivity contribution in [3.8, 4) is 5.75 Å². The van der Waals surface area contributed by atoms with Crippen LogP contribution in [0.1, 0.15) is 12.0 Å². The molecule has 6 nitrogen and oxygen atoms in total. The Morgan fingerprint density at radius 1 is 1.10 bits per heavy atom. The number of ether oxygens (including phenoxy) is 2. The third-order valence-electron chi connectivity index (χ3n) is 3.78. The van der Waals surface area contributed by atoms with E-state index in [1.165, 1.54) is 36.0 Å². The lowest BCUT2D eigenvalue weighted by molar-refractivity contribution is -0.274. The molecule has 11 heteroatoms. The standard InChI is InChI=1S/C19H20F3NO5S2/c1-29-12-11-17(23-30(25,26)16-5-3-2-4-6-16)18(24)27-13-14-7-9-15(10-8-14)28-19(20,21)22/h2-10,17,23H,11-13H2,1H3. The van der Waals surface area contributed by atoms with Crippen LogP contribution >= 0.6 is 11.8 Å². The minimum atomic E-state index is -4.80. The van der Waals surface area contributed by atoms with E-state index in [-0.39, 0.29) is 17.9 Å². The first-order chi connectivity index (χ1) is 14.1. The zero-order chi connectivity index (χ0) is 22.2. The van der Waals surface area contributed by atoms with E-state index in [9.17, 15) is 26.4 Å². The van der Waals surface area contributed by atoms with E-state index in [2.05, 4.69) is 9.46 Å². The number of sulfonamides is 1. The Morgan fingerprint density at radius 2 is 1.73 bits per heavy atom. The van der Waals surface area contributed by atoms with Crippen molar-refractivity contribution in [3.05, 3.63) is 60.2 Å². The van der Waals surface area contributed by atoms with Crippen LogP contribution in [0.2, 0.25) is 0 Å². The van der Waals surface area contributed by atoms with E-state index < -0.39 is 34.1 Å². The Kier molecular flexibility index (Phi) is 8.56. The van der Waals surface area contributed by atoms with Crippen LogP contribution in [-0.4, -0.2) is 38.8 Å². The van der Waals surface area contributed by atoms with E-state index in [1.54, 1.807) is 18.2 Å². The van der Waals surface area contributed by atoms with Gasteiger partial charge in [0.1, 0.15) is 18.4 Å². The minimum Gasteiger partial charge on any atom is -0.460 e. The number of alkyl halides is 3. The number of nitrogens with one attached hydrogen (secondary N) is 1. The van der Waals surface area contributed by atoms with Crippen LogP contribution in [-0.2, 0) is 26.2 Å². The van der Waals surface area contributed by atoms with Gasteiger partial charge in [-0.25, -0.2) is 8.42 Å². The molecule has 2 aromatic carbocycles. The number of halogens is 3. The highest BCUT2D eigenvalue weighted by Gasteiger charge is 2.31. The summed E-state index contributed by atoms with van der Waals surface area (Å²) < 4.78 is 72.9. The molecule has 0 fully saturated rings. The fourth-order valence-electron chi connectivity index (χ4n) is 2.36. The molecule has 0 radical (unpaired) electrons. The third kappa shape index (κ3) is 7.88. The van der Waals surface area contributed by atoms with Crippen molar-refractivity contribution in [2.24, 2.45) is 0 Å². The predicted octanol–water partition coefficient (Wildman–Crippen LogP) is 3.73. The van der Waals surface area contributed by atoms with Gasteiger partial charge in [-0.1, -0.05) is 30.3 Å². The molecule has 30 heavy (non-hydrogen) atoms. The summed E-state index contributed by atoms with van der Waals surface area (Å²) in [4.78, 5) is 12.5. The molecule has 0 aliphatic heterocycles. The maximum absolute atomic E-state index is 12.5. The monoisotopic (exact) mass is 463 g/mol. The minimum absolute atomic E-state index is 0.0206. The number of carbonyl (C=O) groups is 1. The molecule has 0 spiro atoms. The van der Waals surface area contributed by atoms with Crippen molar-refractivity contribution in [2.45, 2.75) is 30.3 Å². The molecule has 0 heterocycles. The molecule has 1 atom stereocenters. The summed E-state index contributed by atoms with van der Waals surface area (Å²) >= 11 is 1.44. The van der Waals surface area contributed by atoms with Gasteiger partial charge >= 0.3 is 12.3 Å². The number of thioether (sulfide) groups is 1. The van der Waals surface area contributed by atoms with E-state index in [0.717, 1.165) is 12.1 Å². The van der Waals surface area contributed by atoms with Gasteiger partial charge in [-0.2, -0.15) is 16.5 Å². The van der Waals surface area contributed by atoms with Gasteiger partial charge < -0.3 is 9.47 Å². The first kappa shape index (κ1) is 24.0. The highest BCUT2D eigenvalue weighted by Crippen LogP contribution is 2.23. The fourth-order valence-corrected chi connectivity index (χ4v) is 4.07. The lowest BCUT2D eigenvalue weighted by atomic mass is 10.2. The van der Waals surface area contributed by atoms with Crippen LogP contribution in [0.4, 0.5) is 13.2 Å². The van der Waals surface area contributed by atoms with Gasteiger partial charge in [0.25, 0.3) is 0 Å². The summed E-state index contributed by atoms with van der Waals surface area (Å²) in [5.74, 6) is -0.661. The van der Waals surface area contributed by atoms with E-state index in [1.807, 2.05) is 6.26 Å². The molecule has 0 aromatic heterocycles. The highest BCUT2D eigenvalue weighted by molar-refractivity contribution is 7.98. The molecule has 0 saturated carbocycles. The topological polar surface area (TPSA) is 81.7 Å². The lowest BCUT2D eigenvalue weighted by Crippen LogP contribution is -2.42. The average Bonchev–Trinajstić information content (AvgIpc) is 2.70. The summed E-state index contributed by atoms with van der Waals surface area (Å²) in [5, 5.41) is 0. The van der Waals surface area contributed by atoms with Crippen LogP contribution in [0.3, 0.4) is 0 Å². The third-order valence-corrected chi connectivity index (χ3v) is 5.92. The van der Waals surface area contributed by atoms with Crippen molar-refractivity contribution in [1.82, 2.24) is 4.72 Å². The Balaban J connectivity index is 2.01. The summed E-state index contributed by atoms with van der Waals surface area (Å²) in [7, 11) is -3.92. The normalized spacial score (nSPS) is 12.9. The molecular formula is C19H20F3NO5S2. The molecule has 1 N–H and O–H groups in total. The Morgan fingerprint density at radius 3 is 2.30 bits per heavy atom. The van der Waals surface area contributed by atoms with Gasteiger partial charge in [0.2, 0.25) is 10.0 Å². The molecule has 0 amide bonds. The number of benzene rings is 2. The number of rotatable bonds is 10. The summed E-state index contributed by atoms with van der Waals surface area (Å²) in [6, 6.07) is 11.3. The number of esters is 1. The first-order valence-corrected chi connectivity index (χ1v) is 11.6. The van der Waals surface area contributed by atoms with Gasteiger partial charge in [-0.3, -0.25) is 4.79 Å². The Labute approximate surface area is 176 Å².